The van der Waals surface area contributed by atoms with Crippen molar-refractivity contribution in [3.8, 4) is 11.1 Å². The first-order chi connectivity index (χ1) is 9.72. The first-order valence-electron chi connectivity index (χ1n) is 6.13. The lowest BCUT2D eigenvalue weighted by atomic mass is 10.1. The van der Waals surface area contributed by atoms with Crippen molar-refractivity contribution in [1.82, 2.24) is 9.55 Å². The van der Waals surface area contributed by atoms with Crippen molar-refractivity contribution in [2.24, 2.45) is 0 Å². The van der Waals surface area contributed by atoms with E-state index in [2.05, 4.69) is 4.98 Å². The van der Waals surface area contributed by atoms with E-state index in [0.29, 0.717) is 10.2 Å². The molecule has 0 saturated heterocycles. The summed E-state index contributed by atoms with van der Waals surface area (Å²) < 4.78 is 1.03. The van der Waals surface area contributed by atoms with E-state index < -0.39 is 5.69 Å². The molecule has 0 atom stereocenters. The normalized spacial score (nSPS) is 11.1. The quantitative estimate of drug-likeness (QED) is 0.765. The highest BCUT2D eigenvalue weighted by atomic mass is 32.1. The molecule has 0 amide bonds. The van der Waals surface area contributed by atoms with Gasteiger partial charge in [-0.15, -0.1) is 11.3 Å². The molecule has 102 valence electrons. The van der Waals surface area contributed by atoms with Gasteiger partial charge in [0, 0.05) is 10.9 Å². The Morgan fingerprint density at radius 3 is 2.65 bits per heavy atom. The lowest BCUT2D eigenvalue weighted by Crippen LogP contribution is -2.35. The Bertz CT molecular complexity index is 861. The van der Waals surface area contributed by atoms with Crippen molar-refractivity contribution >= 4 is 21.6 Å². The van der Waals surface area contributed by atoms with Crippen LogP contribution in [0, 0.1) is 0 Å². The number of hydrogen-bond donors (Lipinski definition) is 2. The molecule has 2 heterocycles. The number of rotatable bonds is 3. The molecule has 0 fully saturated rings. The topological polar surface area (TPSA) is 75.1 Å². The van der Waals surface area contributed by atoms with Gasteiger partial charge in [0.25, 0.3) is 5.56 Å². The molecule has 3 aromatic rings. The molecule has 0 unspecified atom stereocenters. The maximum absolute atomic E-state index is 12.4. The number of aromatic amines is 1. The predicted molar refractivity (Wildman–Crippen MR) is 79.2 cm³/mol. The summed E-state index contributed by atoms with van der Waals surface area (Å²) in [6.45, 7) is -0.256. The molecule has 0 aliphatic rings. The third-order valence-electron chi connectivity index (χ3n) is 3.12. The van der Waals surface area contributed by atoms with Crippen LogP contribution < -0.4 is 11.2 Å². The summed E-state index contributed by atoms with van der Waals surface area (Å²) in [5.74, 6) is 0. The number of aliphatic hydroxyl groups is 1. The molecule has 0 aliphatic heterocycles. The second-order valence-corrected chi connectivity index (χ2v) is 5.21. The monoisotopic (exact) mass is 288 g/mol. The molecule has 2 aromatic heterocycles. The lowest BCUT2D eigenvalue weighted by molar-refractivity contribution is 0.272. The SMILES string of the molecule is O=c1[nH]c2scc(-c3ccccc3)c2c(=O)n1CCO. The Labute approximate surface area is 117 Å². The van der Waals surface area contributed by atoms with E-state index in [1.54, 1.807) is 0 Å². The molecule has 0 aliphatic carbocycles. The maximum Gasteiger partial charge on any atom is 0.329 e. The Balaban J connectivity index is 2.34. The van der Waals surface area contributed by atoms with E-state index in [0.717, 1.165) is 15.7 Å². The number of benzene rings is 1. The van der Waals surface area contributed by atoms with E-state index in [9.17, 15) is 9.59 Å². The summed E-state index contributed by atoms with van der Waals surface area (Å²) in [4.78, 5) is 27.5. The van der Waals surface area contributed by atoms with Gasteiger partial charge < -0.3 is 5.11 Å². The fraction of sp³-hybridized carbons (Fsp3) is 0.143. The average Bonchev–Trinajstić information content (AvgIpc) is 2.88. The molecular weight excluding hydrogens is 276 g/mol. The maximum atomic E-state index is 12.4. The number of nitrogens with zero attached hydrogens (tertiary/aromatic N) is 1. The summed E-state index contributed by atoms with van der Waals surface area (Å²) in [5, 5.41) is 11.3. The highest BCUT2D eigenvalue weighted by molar-refractivity contribution is 7.17. The van der Waals surface area contributed by atoms with Gasteiger partial charge in [0.15, 0.2) is 0 Å². The predicted octanol–water partition coefficient (Wildman–Crippen LogP) is 1.41. The molecule has 1 aromatic carbocycles. The lowest BCUT2D eigenvalue weighted by Gasteiger charge is -2.03. The Kier molecular flexibility index (Phi) is 3.25. The van der Waals surface area contributed by atoms with Gasteiger partial charge in [0.05, 0.1) is 18.5 Å². The molecular formula is C14H12N2O3S. The van der Waals surface area contributed by atoms with Gasteiger partial charge in [0.2, 0.25) is 0 Å². The summed E-state index contributed by atoms with van der Waals surface area (Å²) in [6, 6.07) is 9.54. The molecule has 0 spiro atoms. The van der Waals surface area contributed by atoms with Crippen LogP contribution >= 0.6 is 11.3 Å². The van der Waals surface area contributed by atoms with Gasteiger partial charge in [-0.1, -0.05) is 30.3 Å². The van der Waals surface area contributed by atoms with E-state index in [1.165, 1.54) is 11.3 Å². The van der Waals surface area contributed by atoms with Crippen molar-refractivity contribution in [2.75, 3.05) is 6.61 Å². The van der Waals surface area contributed by atoms with Gasteiger partial charge in [0.1, 0.15) is 4.83 Å². The summed E-state index contributed by atoms with van der Waals surface area (Å²) in [6.07, 6.45) is 0. The fourth-order valence-corrected chi connectivity index (χ4v) is 3.14. The molecule has 5 nitrogen and oxygen atoms in total. The smallest absolute Gasteiger partial charge is 0.329 e. The van der Waals surface area contributed by atoms with E-state index in [-0.39, 0.29) is 18.7 Å². The number of nitrogens with one attached hydrogen (secondary N) is 1. The summed E-state index contributed by atoms with van der Waals surface area (Å²) in [7, 11) is 0. The number of aromatic nitrogens is 2. The highest BCUT2D eigenvalue weighted by Crippen LogP contribution is 2.29. The van der Waals surface area contributed by atoms with E-state index in [1.807, 2.05) is 35.7 Å². The summed E-state index contributed by atoms with van der Waals surface area (Å²) in [5.41, 5.74) is 0.882. The molecule has 6 heteroatoms. The van der Waals surface area contributed by atoms with Crippen LogP contribution in [0.5, 0.6) is 0 Å². The van der Waals surface area contributed by atoms with Crippen molar-refractivity contribution in [1.29, 1.82) is 0 Å². The first-order valence-corrected chi connectivity index (χ1v) is 7.01. The van der Waals surface area contributed by atoms with Gasteiger partial charge >= 0.3 is 5.69 Å². The fourth-order valence-electron chi connectivity index (χ4n) is 2.19. The first kappa shape index (κ1) is 12.8. The standard InChI is InChI=1S/C14H12N2O3S/c17-7-6-16-13(18)11-10(9-4-2-1-3-5-9)8-20-12(11)15-14(16)19/h1-5,8,17H,6-7H2,(H,15,19). The van der Waals surface area contributed by atoms with Crippen LogP contribution in [0.4, 0.5) is 0 Å². The van der Waals surface area contributed by atoms with Crippen molar-refractivity contribution in [2.45, 2.75) is 6.54 Å². The molecule has 20 heavy (non-hydrogen) atoms. The number of H-pyrrole nitrogens is 1. The largest absolute Gasteiger partial charge is 0.395 e. The Hall–Kier alpha value is -2.18. The molecule has 0 radical (unpaired) electrons. The van der Waals surface area contributed by atoms with Gasteiger partial charge in [-0.2, -0.15) is 0 Å². The van der Waals surface area contributed by atoms with Crippen LogP contribution in [0.2, 0.25) is 0 Å². The Morgan fingerprint density at radius 1 is 1.20 bits per heavy atom. The molecule has 0 bridgehead atoms. The third-order valence-corrected chi connectivity index (χ3v) is 4.02. The van der Waals surface area contributed by atoms with Crippen LogP contribution in [0.3, 0.4) is 0 Å². The minimum absolute atomic E-state index is 0.00577. The average molecular weight is 288 g/mol. The zero-order valence-electron chi connectivity index (χ0n) is 10.5. The van der Waals surface area contributed by atoms with E-state index >= 15 is 0 Å². The number of aliphatic hydroxyl groups excluding tert-OH is 1. The van der Waals surface area contributed by atoms with Crippen LogP contribution in [0.1, 0.15) is 0 Å². The second kappa shape index (κ2) is 5.07. The zero-order valence-corrected chi connectivity index (χ0v) is 11.3. The van der Waals surface area contributed by atoms with Crippen LogP contribution in [-0.2, 0) is 6.54 Å². The minimum Gasteiger partial charge on any atom is -0.395 e. The van der Waals surface area contributed by atoms with Crippen molar-refractivity contribution in [3.63, 3.8) is 0 Å². The van der Waals surface area contributed by atoms with E-state index in [4.69, 9.17) is 5.11 Å². The second-order valence-electron chi connectivity index (χ2n) is 4.33. The Morgan fingerprint density at radius 2 is 1.95 bits per heavy atom. The van der Waals surface area contributed by atoms with Crippen LogP contribution in [0.15, 0.2) is 45.3 Å². The van der Waals surface area contributed by atoms with Gasteiger partial charge in [-0.05, 0) is 5.56 Å². The van der Waals surface area contributed by atoms with Crippen LogP contribution in [0.25, 0.3) is 21.3 Å². The third kappa shape index (κ3) is 1.99. The number of fused-ring (bicyclic) bond motifs is 1. The molecule has 3 rings (SSSR count). The molecule has 2 N–H and O–H groups in total. The highest BCUT2D eigenvalue weighted by Gasteiger charge is 2.14. The number of thiophene rings is 1. The minimum atomic E-state index is -0.488. The summed E-state index contributed by atoms with van der Waals surface area (Å²) >= 11 is 1.33. The van der Waals surface area contributed by atoms with Crippen molar-refractivity contribution < 1.29 is 5.11 Å². The zero-order chi connectivity index (χ0) is 14.1. The van der Waals surface area contributed by atoms with Crippen molar-refractivity contribution in [3.05, 3.63) is 56.5 Å². The molecule has 0 saturated carbocycles. The van der Waals surface area contributed by atoms with Gasteiger partial charge in [-0.25, -0.2) is 4.79 Å². The van der Waals surface area contributed by atoms with Gasteiger partial charge in [-0.3, -0.25) is 14.3 Å². The van der Waals surface area contributed by atoms with Crippen LogP contribution in [-0.4, -0.2) is 21.3 Å². The number of hydrogen-bond acceptors (Lipinski definition) is 4.